The molecule has 0 radical (unpaired) electrons. The smallest absolute Gasteiger partial charge is 0.344 e. The second kappa shape index (κ2) is 5.22. The average molecular weight is 258 g/mol. The van der Waals surface area contributed by atoms with Gasteiger partial charge >= 0.3 is 5.97 Å². The summed E-state index contributed by atoms with van der Waals surface area (Å²) in [5, 5.41) is 28.5. The number of hydrogen-bond donors (Lipinski definition) is 3. The average Bonchev–Trinajstić information content (AvgIpc) is 2.27. The molecule has 0 fully saturated rings. The minimum atomic E-state index is -2.32. The third kappa shape index (κ3) is 2.89. The van der Waals surface area contributed by atoms with Crippen LogP contribution in [0.3, 0.4) is 0 Å². The van der Waals surface area contributed by atoms with Crippen LogP contribution in [-0.4, -0.2) is 34.1 Å². The van der Waals surface area contributed by atoms with Crippen molar-refractivity contribution >= 4 is 5.97 Å². The summed E-state index contributed by atoms with van der Waals surface area (Å²) in [5.74, 6) is -1.90. The molecular formula is C12H15FO5. The SMILES string of the molecule is CCOC(=O)C(F)C(C)(O)c1cc(O)cc(O)c1. The minimum absolute atomic E-state index is 0.0133. The van der Waals surface area contributed by atoms with Crippen LogP contribution in [0.15, 0.2) is 18.2 Å². The fourth-order valence-corrected chi connectivity index (χ4v) is 1.48. The largest absolute Gasteiger partial charge is 0.508 e. The molecule has 0 saturated carbocycles. The number of halogens is 1. The summed E-state index contributed by atoms with van der Waals surface area (Å²) in [6.45, 7) is 2.56. The molecule has 0 amide bonds. The monoisotopic (exact) mass is 258 g/mol. The van der Waals surface area contributed by atoms with Crippen molar-refractivity contribution in [3.63, 3.8) is 0 Å². The maximum Gasteiger partial charge on any atom is 0.344 e. The predicted molar refractivity (Wildman–Crippen MR) is 60.9 cm³/mol. The predicted octanol–water partition coefficient (Wildman–Crippen LogP) is 1.21. The topological polar surface area (TPSA) is 87.0 Å². The summed E-state index contributed by atoms with van der Waals surface area (Å²) in [5.41, 5.74) is -2.33. The van der Waals surface area contributed by atoms with Gasteiger partial charge in [0.25, 0.3) is 0 Å². The highest BCUT2D eigenvalue weighted by Crippen LogP contribution is 2.32. The molecule has 0 aromatic heterocycles. The molecule has 3 N–H and O–H groups in total. The Hall–Kier alpha value is -1.82. The normalized spacial score (nSPS) is 15.8. The first-order valence-corrected chi connectivity index (χ1v) is 5.35. The van der Waals surface area contributed by atoms with Gasteiger partial charge in [0, 0.05) is 6.07 Å². The van der Waals surface area contributed by atoms with Crippen LogP contribution in [0.2, 0.25) is 0 Å². The second-order valence-corrected chi connectivity index (χ2v) is 4.00. The molecule has 0 aliphatic heterocycles. The number of aliphatic hydroxyl groups is 1. The summed E-state index contributed by atoms with van der Waals surface area (Å²) in [6.07, 6.45) is -2.32. The lowest BCUT2D eigenvalue weighted by Gasteiger charge is -2.26. The van der Waals surface area contributed by atoms with E-state index in [1.165, 1.54) is 6.92 Å². The molecule has 6 heteroatoms. The molecule has 1 aromatic carbocycles. The van der Waals surface area contributed by atoms with Crippen LogP contribution in [-0.2, 0) is 15.1 Å². The van der Waals surface area contributed by atoms with Gasteiger partial charge in [0.15, 0.2) is 0 Å². The molecule has 0 heterocycles. The quantitative estimate of drug-likeness (QED) is 0.706. The zero-order valence-corrected chi connectivity index (χ0v) is 10.1. The van der Waals surface area contributed by atoms with Crippen molar-refractivity contribution in [3.8, 4) is 11.5 Å². The molecule has 0 bridgehead atoms. The van der Waals surface area contributed by atoms with E-state index >= 15 is 0 Å². The van der Waals surface area contributed by atoms with Crippen molar-refractivity contribution in [2.24, 2.45) is 0 Å². The van der Waals surface area contributed by atoms with Gasteiger partial charge in [0.2, 0.25) is 6.17 Å². The number of ether oxygens (including phenoxy) is 1. The third-order valence-electron chi connectivity index (χ3n) is 2.47. The first kappa shape index (κ1) is 14.2. The van der Waals surface area contributed by atoms with Crippen LogP contribution >= 0.6 is 0 Å². The summed E-state index contributed by atoms with van der Waals surface area (Å²) in [4.78, 5) is 11.3. The van der Waals surface area contributed by atoms with Gasteiger partial charge in [0.1, 0.15) is 17.1 Å². The molecule has 18 heavy (non-hydrogen) atoms. The van der Waals surface area contributed by atoms with E-state index in [9.17, 15) is 24.5 Å². The molecule has 1 aromatic rings. The van der Waals surface area contributed by atoms with Gasteiger partial charge < -0.3 is 20.1 Å². The van der Waals surface area contributed by atoms with Crippen molar-refractivity contribution in [1.82, 2.24) is 0 Å². The number of benzene rings is 1. The Bertz CT molecular complexity index is 424. The van der Waals surface area contributed by atoms with Gasteiger partial charge in [-0.3, -0.25) is 0 Å². The van der Waals surface area contributed by atoms with Crippen molar-refractivity contribution < 1.29 is 29.2 Å². The van der Waals surface area contributed by atoms with Crippen molar-refractivity contribution in [2.75, 3.05) is 6.61 Å². The highest BCUT2D eigenvalue weighted by molar-refractivity contribution is 5.76. The fraction of sp³-hybridized carbons (Fsp3) is 0.417. The Morgan fingerprint density at radius 2 is 1.89 bits per heavy atom. The molecular weight excluding hydrogens is 243 g/mol. The molecule has 0 aliphatic rings. The van der Waals surface area contributed by atoms with Crippen LogP contribution in [0.4, 0.5) is 4.39 Å². The van der Waals surface area contributed by atoms with E-state index in [-0.39, 0.29) is 23.7 Å². The lowest BCUT2D eigenvalue weighted by atomic mass is 9.90. The van der Waals surface area contributed by atoms with E-state index in [0.29, 0.717) is 0 Å². The minimum Gasteiger partial charge on any atom is -0.508 e. The lowest BCUT2D eigenvalue weighted by Crippen LogP contribution is -2.40. The van der Waals surface area contributed by atoms with Crippen molar-refractivity contribution in [2.45, 2.75) is 25.6 Å². The number of alkyl halides is 1. The van der Waals surface area contributed by atoms with Gasteiger partial charge in [-0.1, -0.05) is 0 Å². The standard InChI is InChI=1S/C12H15FO5/c1-3-18-11(16)10(13)12(2,17)7-4-8(14)6-9(15)5-7/h4-6,10,14-15,17H,3H2,1-2H3. The van der Waals surface area contributed by atoms with Crippen LogP contribution in [0, 0.1) is 0 Å². The van der Waals surface area contributed by atoms with Crippen LogP contribution < -0.4 is 0 Å². The molecule has 100 valence electrons. The highest BCUT2D eigenvalue weighted by Gasteiger charge is 2.41. The Labute approximate surface area is 103 Å². The maximum atomic E-state index is 13.8. The van der Waals surface area contributed by atoms with Crippen LogP contribution in [0.25, 0.3) is 0 Å². The van der Waals surface area contributed by atoms with E-state index in [2.05, 4.69) is 4.74 Å². The second-order valence-electron chi connectivity index (χ2n) is 4.00. The number of esters is 1. The first-order chi connectivity index (χ1) is 8.28. The number of carbonyl (C=O) groups excluding carboxylic acids is 1. The fourth-order valence-electron chi connectivity index (χ4n) is 1.48. The number of hydrogen-bond acceptors (Lipinski definition) is 5. The first-order valence-electron chi connectivity index (χ1n) is 5.35. The molecule has 2 atom stereocenters. The Morgan fingerprint density at radius 3 is 2.33 bits per heavy atom. The van der Waals surface area contributed by atoms with Gasteiger partial charge in [-0.15, -0.1) is 0 Å². The van der Waals surface area contributed by atoms with E-state index in [1.807, 2.05) is 0 Å². The summed E-state index contributed by atoms with van der Waals surface area (Å²) in [6, 6.07) is 3.15. The van der Waals surface area contributed by atoms with Crippen molar-refractivity contribution in [1.29, 1.82) is 0 Å². The molecule has 0 aliphatic carbocycles. The van der Waals surface area contributed by atoms with Gasteiger partial charge in [-0.05, 0) is 31.5 Å². The summed E-state index contributed by atoms with van der Waals surface area (Å²) < 4.78 is 18.3. The van der Waals surface area contributed by atoms with Crippen molar-refractivity contribution in [3.05, 3.63) is 23.8 Å². The third-order valence-corrected chi connectivity index (χ3v) is 2.47. The van der Waals surface area contributed by atoms with Gasteiger partial charge in [0.05, 0.1) is 6.61 Å². The van der Waals surface area contributed by atoms with E-state index in [1.54, 1.807) is 0 Å². The number of phenolic OH excluding ortho intramolecular Hbond substituents is 2. The molecule has 2 unspecified atom stereocenters. The van der Waals surface area contributed by atoms with Gasteiger partial charge in [-0.25, -0.2) is 9.18 Å². The Kier molecular flexibility index (Phi) is 4.13. The number of aromatic hydroxyl groups is 2. The summed E-state index contributed by atoms with van der Waals surface area (Å²) >= 11 is 0. The lowest BCUT2D eigenvalue weighted by molar-refractivity contribution is -0.160. The number of rotatable bonds is 4. The maximum absolute atomic E-state index is 13.8. The van der Waals surface area contributed by atoms with Crippen LogP contribution in [0.1, 0.15) is 19.4 Å². The molecule has 0 spiro atoms. The zero-order valence-electron chi connectivity index (χ0n) is 10.1. The van der Waals surface area contributed by atoms with Gasteiger partial charge in [-0.2, -0.15) is 0 Å². The summed E-state index contributed by atoms with van der Waals surface area (Å²) in [7, 11) is 0. The number of phenols is 2. The Morgan fingerprint density at radius 1 is 1.39 bits per heavy atom. The Balaban J connectivity index is 3.07. The van der Waals surface area contributed by atoms with E-state index in [4.69, 9.17) is 0 Å². The molecule has 0 saturated heterocycles. The van der Waals surface area contributed by atoms with Crippen LogP contribution in [0.5, 0.6) is 11.5 Å². The number of carbonyl (C=O) groups is 1. The molecule has 1 rings (SSSR count). The van der Waals surface area contributed by atoms with E-state index < -0.39 is 17.7 Å². The highest BCUT2D eigenvalue weighted by atomic mass is 19.1. The van der Waals surface area contributed by atoms with E-state index in [0.717, 1.165) is 25.1 Å². The molecule has 5 nitrogen and oxygen atoms in total. The zero-order chi connectivity index (χ0) is 13.9.